The molecule has 0 spiro atoms. The molecule has 28 heavy (non-hydrogen) atoms. The maximum Gasteiger partial charge on any atom is 0.134 e. The van der Waals surface area contributed by atoms with Gasteiger partial charge in [0.05, 0.1) is 28.4 Å². The first-order valence-corrected chi connectivity index (χ1v) is 9.00. The number of fused-ring (bicyclic) bond motifs is 2. The summed E-state index contributed by atoms with van der Waals surface area (Å²) in [5, 5.41) is 4.05. The van der Waals surface area contributed by atoms with Gasteiger partial charge in [-0.05, 0) is 29.7 Å². The van der Waals surface area contributed by atoms with Crippen molar-refractivity contribution in [2.24, 2.45) is 0 Å². The fraction of sp³-hybridized carbons (Fsp3) is 0.167. The molecule has 0 aromatic heterocycles. The summed E-state index contributed by atoms with van der Waals surface area (Å²) in [6.07, 6.45) is 0. The van der Waals surface area contributed by atoms with Crippen LogP contribution in [0.3, 0.4) is 0 Å². The zero-order chi connectivity index (χ0) is 19.7. The molecule has 4 heteroatoms. The summed E-state index contributed by atoms with van der Waals surface area (Å²) >= 11 is 0. The van der Waals surface area contributed by atoms with Gasteiger partial charge in [0.25, 0.3) is 0 Å². The van der Waals surface area contributed by atoms with Crippen LogP contribution in [0.1, 0.15) is 0 Å². The number of ether oxygens (including phenoxy) is 4. The van der Waals surface area contributed by atoms with Gasteiger partial charge in [-0.3, -0.25) is 0 Å². The normalized spacial score (nSPS) is 10.9. The molecule has 4 nitrogen and oxygen atoms in total. The summed E-state index contributed by atoms with van der Waals surface area (Å²) in [6.45, 7) is 0. The standard InChI is InChI=1S/C24H22O4/c1-25-21-11-7-8-15-12-22(26-2)19(13-18(15)21)20-14-23(27-3)16-9-5-6-10-17(16)24(20)28-4/h5-14H,1-4H3. The molecule has 0 amide bonds. The second kappa shape index (κ2) is 7.31. The van der Waals surface area contributed by atoms with Crippen molar-refractivity contribution in [3.05, 3.63) is 60.7 Å². The quantitative estimate of drug-likeness (QED) is 0.449. The minimum Gasteiger partial charge on any atom is -0.496 e. The highest BCUT2D eigenvalue weighted by atomic mass is 16.5. The topological polar surface area (TPSA) is 36.9 Å². The molecule has 0 aliphatic heterocycles. The van der Waals surface area contributed by atoms with Crippen LogP contribution in [0.2, 0.25) is 0 Å². The van der Waals surface area contributed by atoms with Gasteiger partial charge in [0.15, 0.2) is 0 Å². The van der Waals surface area contributed by atoms with Crippen molar-refractivity contribution in [2.75, 3.05) is 28.4 Å². The number of hydrogen-bond acceptors (Lipinski definition) is 4. The van der Waals surface area contributed by atoms with E-state index >= 15 is 0 Å². The largest absolute Gasteiger partial charge is 0.496 e. The lowest BCUT2D eigenvalue weighted by Crippen LogP contribution is -1.96. The van der Waals surface area contributed by atoms with E-state index in [9.17, 15) is 0 Å². The van der Waals surface area contributed by atoms with E-state index in [0.717, 1.165) is 55.7 Å². The van der Waals surface area contributed by atoms with Gasteiger partial charge in [0, 0.05) is 27.3 Å². The maximum atomic E-state index is 5.84. The Morgan fingerprint density at radius 2 is 1.21 bits per heavy atom. The first-order chi connectivity index (χ1) is 13.7. The molecule has 0 bridgehead atoms. The minimum atomic E-state index is 0.761. The highest BCUT2D eigenvalue weighted by Crippen LogP contribution is 2.46. The van der Waals surface area contributed by atoms with Crippen LogP contribution in [0.15, 0.2) is 60.7 Å². The van der Waals surface area contributed by atoms with Gasteiger partial charge in [-0.15, -0.1) is 0 Å². The highest BCUT2D eigenvalue weighted by molar-refractivity contribution is 6.02. The second-order valence-corrected chi connectivity index (χ2v) is 6.44. The maximum absolute atomic E-state index is 5.84. The van der Waals surface area contributed by atoms with E-state index in [4.69, 9.17) is 18.9 Å². The molecule has 0 aliphatic rings. The number of methoxy groups -OCH3 is 4. The van der Waals surface area contributed by atoms with E-state index < -0.39 is 0 Å². The lowest BCUT2D eigenvalue weighted by molar-refractivity contribution is 0.408. The van der Waals surface area contributed by atoms with E-state index in [1.165, 1.54) is 0 Å². The summed E-state index contributed by atoms with van der Waals surface area (Å²) in [5.41, 5.74) is 1.82. The molecule has 0 aliphatic carbocycles. The molecule has 0 radical (unpaired) electrons. The summed E-state index contributed by atoms with van der Waals surface area (Å²) in [4.78, 5) is 0. The third-order valence-corrected chi connectivity index (χ3v) is 5.05. The number of hydrogen-bond donors (Lipinski definition) is 0. The lowest BCUT2D eigenvalue weighted by Gasteiger charge is -2.18. The van der Waals surface area contributed by atoms with Crippen molar-refractivity contribution < 1.29 is 18.9 Å². The summed E-state index contributed by atoms with van der Waals surface area (Å²) < 4.78 is 22.8. The molecule has 0 saturated heterocycles. The molecular formula is C24H22O4. The summed E-state index contributed by atoms with van der Waals surface area (Å²) in [7, 11) is 6.72. The Kier molecular flexibility index (Phi) is 4.70. The van der Waals surface area contributed by atoms with E-state index in [0.29, 0.717) is 0 Å². The monoisotopic (exact) mass is 374 g/mol. The van der Waals surface area contributed by atoms with Gasteiger partial charge in [0.2, 0.25) is 0 Å². The van der Waals surface area contributed by atoms with Crippen LogP contribution in [-0.4, -0.2) is 28.4 Å². The van der Waals surface area contributed by atoms with Crippen LogP contribution in [0.5, 0.6) is 23.0 Å². The zero-order valence-corrected chi connectivity index (χ0v) is 16.4. The Hall–Kier alpha value is -3.40. The average Bonchev–Trinajstić information content (AvgIpc) is 2.76. The van der Waals surface area contributed by atoms with Crippen molar-refractivity contribution in [2.45, 2.75) is 0 Å². The third kappa shape index (κ3) is 2.78. The smallest absolute Gasteiger partial charge is 0.134 e. The lowest BCUT2D eigenvalue weighted by atomic mass is 9.95. The van der Waals surface area contributed by atoms with Crippen molar-refractivity contribution in [1.29, 1.82) is 0 Å². The fourth-order valence-electron chi connectivity index (χ4n) is 3.74. The average molecular weight is 374 g/mol. The molecule has 0 atom stereocenters. The molecule has 0 saturated carbocycles. The zero-order valence-electron chi connectivity index (χ0n) is 16.4. The molecule has 0 heterocycles. The first kappa shape index (κ1) is 18.0. The Morgan fingerprint density at radius 1 is 0.500 bits per heavy atom. The van der Waals surface area contributed by atoms with Gasteiger partial charge in [0.1, 0.15) is 23.0 Å². The van der Waals surface area contributed by atoms with Crippen LogP contribution in [-0.2, 0) is 0 Å². The van der Waals surface area contributed by atoms with Gasteiger partial charge in [-0.25, -0.2) is 0 Å². The van der Waals surface area contributed by atoms with Gasteiger partial charge in [-0.2, -0.15) is 0 Å². The number of benzene rings is 4. The van der Waals surface area contributed by atoms with Gasteiger partial charge >= 0.3 is 0 Å². The molecule has 4 aromatic rings. The van der Waals surface area contributed by atoms with Gasteiger partial charge < -0.3 is 18.9 Å². The SMILES string of the molecule is COc1cc2cccc(OC)c2cc1-c1cc(OC)c2ccccc2c1OC. The second-order valence-electron chi connectivity index (χ2n) is 6.44. The van der Waals surface area contributed by atoms with Crippen LogP contribution in [0, 0.1) is 0 Å². The minimum absolute atomic E-state index is 0.761. The van der Waals surface area contributed by atoms with Crippen molar-refractivity contribution in [3.63, 3.8) is 0 Å². The van der Waals surface area contributed by atoms with E-state index in [1.807, 2.05) is 54.6 Å². The molecular weight excluding hydrogens is 352 g/mol. The Bertz CT molecular complexity index is 1160. The predicted octanol–water partition coefficient (Wildman–Crippen LogP) is 5.69. The Balaban J connectivity index is 2.11. The molecule has 4 rings (SSSR count). The van der Waals surface area contributed by atoms with Crippen LogP contribution >= 0.6 is 0 Å². The van der Waals surface area contributed by atoms with Gasteiger partial charge in [-0.1, -0.05) is 36.4 Å². The fourth-order valence-corrected chi connectivity index (χ4v) is 3.74. The Morgan fingerprint density at radius 3 is 1.89 bits per heavy atom. The van der Waals surface area contributed by atoms with Crippen LogP contribution in [0.4, 0.5) is 0 Å². The molecule has 0 fully saturated rings. The van der Waals surface area contributed by atoms with E-state index in [-0.39, 0.29) is 0 Å². The first-order valence-electron chi connectivity index (χ1n) is 9.00. The number of rotatable bonds is 5. The van der Waals surface area contributed by atoms with E-state index in [2.05, 4.69) is 6.07 Å². The predicted molar refractivity (Wildman–Crippen MR) is 113 cm³/mol. The summed E-state index contributed by atoms with van der Waals surface area (Å²) in [6, 6.07) is 20.1. The summed E-state index contributed by atoms with van der Waals surface area (Å²) in [5.74, 6) is 3.14. The Labute approximate surface area is 164 Å². The van der Waals surface area contributed by atoms with Crippen LogP contribution in [0.25, 0.3) is 32.7 Å². The van der Waals surface area contributed by atoms with Crippen molar-refractivity contribution >= 4 is 21.5 Å². The van der Waals surface area contributed by atoms with Crippen LogP contribution < -0.4 is 18.9 Å². The molecule has 0 N–H and O–H groups in total. The highest BCUT2D eigenvalue weighted by Gasteiger charge is 2.19. The molecule has 4 aromatic carbocycles. The van der Waals surface area contributed by atoms with Crippen molar-refractivity contribution in [3.8, 4) is 34.1 Å². The third-order valence-electron chi connectivity index (χ3n) is 5.05. The van der Waals surface area contributed by atoms with E-state index in [1.54, 1.807) is 28.4 Å². The van der Waals surface area contributed by atoms with Crippen molar-refractivity contribution in [1.82, 2.24) is 0 Å². The molecule has 142 valence electrons. The molecule has 0 unspecified atom stereocenters.